The van der Waals surface area contributed by atoms with E-state index in [9.17, 15) is 4.79 Å². The molecule has 0 aliphatic rings. The molecule has 0 aromatic heterocycles. The minimum atomic E-state index is -1.12. The Balaban J connectivity index is 3.00. The zero-order chi connectivity index (χ0) is 12.2. The van der Waals surface area contributed by atoms with Crippen LogP contribution in [0.4, 0.5) is 0 Å². The van der Waals surface area contributed by atoms with Gasteiger partial charge in [-0.15, -0.1) is 0 Å². The summed E-state index contributed by atoms with van der Waals surface area (Å²) in [5, 5.41) is 9.09. The van der Waals surface area contributed by atoms with Gasteiger partial charge >= 0.3 is 5.97 Å². The zero-order valence-corrected chi connectivity index (χ0v) is 11.3. The number of esters is 1. The molecule has 0 saturated heterocycles. The molecule has 84 valence electrons. The van der Waals surface area contributed by atoms with Gasteiger partial charge in [0.15, 0.2) is 5.41 Å². The lowest BCUT2D eigenvalue weighted by molar-refractivity contribution is -0.148. The van der Waals surface area contributed by atoms with Gasteiger partial charge in [-0.05, 0) is 41.1 Å². The molecule has 0 N–H and O–H groups in total. The van der Waals surface area contributed by atoms with Crippen molar-refractivity contribution in [2.45, 2.75) is 13.3 Å². The Morgan fingerprint density at radius 3 is 2.69 bits per heavy atom. The van der Waals surface area contributed by atoms with E-state index < -0.39 is 11.4 Å². The molecular formula is C12H12INO2. The third-order valence-electron chi connectivity index (χ3n) is 2.38. The quantitative estimate of drug-likeness (QED) is 0.633. The van der Waals surface area contributed by atoms with Crippen LogP contribution in [-0.2, 0) is 16.0 Å². The van der Waals surface area contributed by atoms with Crippen molar-refractivity contribution < 1.29 is 9.53 Å². The van der Waals surface area contributed by atoms with E-state index in [4.69, 9.17) is 5.26 Å². The van der Waals surface area contributed by atoms with Gasteiger partial charge in [-0.3, -0.25) is 4.79 Å². The van der Waals surface area contributed by atoms with Gasteiger partial charge in [-0.1, -0.05) is 18.2 Å². The van der Waals surface area contributed by atoms with E-state index in [0.29, 0.717) is 6.42 Å². The summed E-state index contributed by atoms with van der Waals surface area (Å²) < 4.78 is 5.70. The van der Waals surface area contributed by atoms with E-state index in [1.54, 1.807) is 6.92 Å². The first-order valence-corrected chi connectivity index (χ1v) is 5.84. The van der Waals surface area contributed by atoms with Crippen molar-refractivity contribution in [3.63, 3.8) is 0 Å². The molecule has 3 nitrogen and oxygen atoms in total. The SMILES string of the molecule is COC(=O)C(C)(C#N)Cc1ccccc1I. The lowest BCUT2D eigenvalue weighted by Crippen LogP contribution is -2.30. The second kappa shape index (κ2) is 5.30. The molecule has 1 atom stereocenters. The minimum absolute atomic E-state index is 0.370. The molecule has 1 unspecified atom stereocenters. The Hall–Kier alpha value is -1.09. The standard InChI is InChI=1S/C12H12INO2/c1-12(8-14,11(15)16-2)7-9-5-3-4-6-10(9)13/h3-6H,7H2,1-2H3. The Morgan fingerprint density at radius 2 is 2.19 bits per heavy atom. The largest absolute Gasteiger partial charge is 0.468 e. The van der Waals surface area contributed by atoms with Gasteiger partial charge in [-0.2, -0.15) is 5.26 Å². The van der Waals surface area contributed by atoms with Crippen molar-refractivity contribution >= 4 is 28.6 Å². The van der Waals surface area contributed by atoms with Gasteiger partial charge in [0.25, 0.3) is 0 Å². The second-order valence-corrected chi connectivity index (χ2v) is 4.87. The number of ether oxygens (including phenoxy) is 1. The van der Waals surface area contributed by atoms with Crippen molar-refractivity contribution in [1.29, 1.82) is 5.26 Å². The number of carbonyl (C=O) groups is 1. The first-order chi connectivity index (χ1) is 7.53. The molecule has 16 heavy (non-hydrogen) atoms. The van der Waals surface area contributed by atoms with Gasteiger partial charge in [-0.25, -0.2) is 0 Å². The van der Waals surface area contributed by atoms with Crippen LogP contribution in [0.25, 0.3) is 0 Å². The predicted octanol–water partition coefficient (Wildman–Crippen LogP) is 2.54. The second-order valence-electron chi connectivity index (χ2n) is 3.70. The highest BCUT2D eigenvalue weighted by atomic mass is 127. The predicted molar refractivity (Wildman–Crippen MR) is 68.6 cm³/mol. The number of benzene rings is 1. The van der Waals surface area contributed by atoms with Gasteiger partial charge in [0.2, 0.25) is 0 Å². The summed E-state index contributed by atoms with van der Waals surface area (Å²) in [5.41, 5.74) is -0.131. The van der Waals surface area contributed by atoms with Crippen LogP contribution in [-0.4, -0.2) is 13.1 Å². The summed E-state index contributed by atoms with van der Waals surface area (Å²) in [6.07, 6.45) is 0.370. The van der Waals surface area contributed by atoms with E-state index in [2.05, 4.69) is 27.3 Å². The van der Waals surface area contributed by atoms with Gasteiger partial charge in [0, 0.05) is 9.99 Å². The van der Waals surface area contributed by atoms with E-state index >= 15 is 0 Å². The first-order valence-electron chi connectivity index (χ1n) is 4.76. The normalized spacial score (nSPS) is 13.6. The molecule has 1 aromatic rings. The van der Waals surface area contributed by atoms with Crippen LogP contribution in [0.15, 0.2) is 24.3 Å². The fraction of sp³-hybridized carbons (Fsp3) is 0.333. The first kappa shape index (κ1) is 13.0. The lowest BCUT2D eigenvalue weighted by atomic mass is 9.85. The minimum Gasteiger partial charge on any atom is -0.468 e. The van der Waals surface area contributed by atoms with E-state index in [1.165, 1.54) is 7.11 Å². The molecule has 0 heterocycles. The molecule has 0 amide bonds. The molecule has 1 aromatic carbocycles. The molecule has 4 heteroatoms. The number of hydrogen-bond acceptors (Lipinski definition) is 3. The van der Waals surface area contributed by atoms with E-state index in [0.717, 1.165) is 9.13 Å². The Morgan fingerprint density at radius 1 is 1.56 bits per heavy atom. The highest BCUT2D eigenvalue weighted by Gasteiger charge is 2.35. The number of rotatable bonds is 3. The number of methoxy groups -OCH3 is 1. The van der Waals surface area contributed by atoms with Crippen LogP contribution in [0.3, 0.4) is 0 Å². The maximum atomic E-state index is 11.5. The fourth-order valence-electron chi connectivity index (χ4n) is 1.41. The summed E-state index contributed by atoms with van der Waals surface area (Å²) in [6, 6.07) is 9.71. The number of nitrogens with zero attached hydrogens (tertiary/aromatic N) is 1. The summed E-state index contributed by atoms with van der Waals surface area (Å²) in [4.78, 5) is 11.5. The molecule has 0 bridgehead atoms. The van der Waals surface area contributed by atoms with Crippen molar-refractivity contribution in [1.82, 2.24) is 0 Å². The topological polar surface area (TPSA) is 50.1 Å². The summed E-state index contributed by atoms with van der Waals surface area (Å²) in [5.74, 6) is -0.491. The lowest BCUT2D eigenvalue weighted by Gasteiger charge is -2.19. The summed E-state index contributed by atoms with van der Waals surface area (Å²) >= 11 is 2.19. The Bertz CT molecular complexity index is 439. The van der Waals surface area contributed by atoms with Gasteiger partial charge in [0.1, 0.15) is 0 Å². The highest BCUT2D eigenvalue weighted by molar-refractivity contribution is 14.1. The van der Waals surface area contributed by atoms with Crippen LogP contribution < -0.4 is 0 Å². The molecule has 0 spiro atoms. The Labute approximate surface area is 109 Å². The number of nitriles is 1. The maximum absolute atomic E-state index is 11.5. The van der Waals surface area contributed by atoms with Crippen LogP contribution in [0.2, 0.25) is 0 Å². The Kier molecular flexibility index (Phi) is 4.30. The monoisotopic (exact) mass is 329 g/mol. The summed E-state index contributed by atoms with van der Waals surface area (Å²) in [7, 11) is 1.30. The van der Waals surface area contributed by atoms with Crippen molar-refractivity contribution in [3.8, 4) is 6.07 Å². The van der Waals surface area contributed by atoms with Crippen LogP contribution in [0.1, 0.15) is 12.5 Å². The van der Waals surface area contributed by atoms with E-state index in [-0.39, 0.29) is 0 Å². The average molecular weight is 329 g/mol. The third kappa shape index (κ3) is 2.73. The van der Waals surface area contributed by atoms with Crippen molar-refractivity contribution in [2.24, 2.45) is 5.41 Å². The average Bonchev–Trinajstić information content (AvgIpc) is 2.31. The molecule has 0 radical (unpaired) electrons. The van der Waals surface area contributed by atoms with E-state index in [1.807, 2.05) is 30.3 Å². The zero-order valence-electron chi connectivity index (χ0n) is 9.16. The highest BCUT2D eigenvalue weighted by Crippen LogP contribution is 2.25. The van der Waals surface area contributed by atoms with Crippen molar-refractivity contribution in [3.05, 3.63) is 33.4 Å². The van der Waals surface area contributed by atoms with Crippen LogP contribution >= 0.6 is 22.6 Å². The molecule has 0 saturated carbocycles. The number of carbonyl (C=O) groups excluding carboxylic acids is 1. The molecular weight excluding hydrogens is 317 g/mol. The molecule has 1 rings (SSSR count). The molecule has 0 aliphatic carbocycles. The number of halogens is 1. The molecule has 0 fully saturated rings. The van der Waals surface area contributed by atoms with Crippen LogP contribution in [0.5, 0.6) is 0 Å². The fourth-order valence-corrected chi connectivity index (χ4v) is 1.98. The van der Waals surface area contributed by atoms with Crippen LogP contribution in [0, 0.1) is 20.3 Å². The van der Waals surface area contributed by atoms with Gasteiger partial charge < -0.3 is 4.74 Å². The molecule has 0 aliphatic heterocycles. The maximum Gasteiger partial charge on any atom is 0.326 e. The van der Waals surface area contributed by atoms with Gasteiger partial charge in [0.05, 0.1) is 13.2 Å². The summed E-state index contributed by atoms with van der Waals surface area (Å²) in [6.45, 7) is 1.60. The smallest absolute Gasteiger partial charge is 0.326 e. The number of hydrogen-bond donors (Lipinski definition) is 0. The van der Waals surface area contributed by atoms with Crippen molar-refractivity contribution in [2.75, 3.05) is 7.11 Å². The third-order valence-corrected chi connectivity index (χ3v) is 3.44.